The highest BCUT2D eigenvalue weighted by Crippen LogP contribution is 2.16. The molecule has 0 fully saturated rings. The number of carbonyl (C=O) groups is 1. The van der Waals surface area contributed by atoms with Crippen molar-refractivity contribution in [3.05, 3.63) is 0 Å². The van der Waals surface area contributed by atoms with Crippen LogP contribution in [-0.4, -0.2) is 36.0 Å². The molecule has 84 valence electrons. The predicted octanol–water partition coefficient (Wildman–Crippen LogP) is 0.994. The first-order chi connectivity index (χ1) is 6.31. The average molecular weight is 230 g/mol. The van der Waals surface area contributed by atoms with Crippen LogP contribution in [0.15, 0.2) is 0 Å². The van der Waals surface area contributed by atoms with Gasteiger partial charge in [-0.15, -0.1) is 11.6 Å². The Balaban J connectivity index is 3.97. The van der Waals surface area contributed by atoms with Crippen LogP contribution in [0.4, 0.5) is 8.78 Å². The molecule has 0 bridgehead atoms. The number of nitrogens with one attached hydrogen (secondary N) is 1. The standard InChI is InChI=1S/C8H14ClF2NO2/c1-8(2,4-9)7(14)12-3-5(13)6(10)11/h5-6,13H,3-4H2,1-2H3,(H,12,14). The minimum atomic E-state index is -2.85. The quantitative estimate of drug-likeness (QED) is 0.691. The van der Waals surface area contributed by atoms with E-state index in [0.29, 0.717) is 0 Å². The van der Waals surface area contributed by atoms with Crippen LogP contribution in [0.1, 0.15) is 13.8 Å². The molecule has 0 radical (unpaired) electrons. The van der Waals surface area contributed by atoms with E-state index >= 15 is 0 Å². The summed E-state index contributed by atoms with van der Waals surface area (Å²) < 4.78 is 23.7. The molecule has 0 spiro atoms. The fraction of sp³-hybridized carbons (Fsp3) is 0.875. The van der Waals surface area contributed by atoms with Gasteiger partial charge in [-0.1, -0.05) is 0 Å². The molecule has 1 atom stereocenters. The molecule has 0 aromatic rings. The summed E-state index contributed by atoms with van der Waals surface area (Å²) in [5, 5.41) is 10.9. The molecule has 14 heavy (non-hydrogen) atoms. The molecule has 0 saturated heterocycles. The third-order valence-electron chi connectivity index (χ3n) is 1.71. The topological polar surface area (TPSA) is 49.3 Å². The van der Waals surface area contributed by atoms with Gasteiger partial charge in [0.2, 0.25) is 5.91 Å². The lowest BCUT2D eigenvalue weighted by atomic mass is 9.95. The summed E-state index contributed by atoms with van der Waals surface area (Å²) in [6.07, 6.45) is -4.68. The molecule has 0 saturated carbocycles. The van der Waals surface area contributed by atoms with E-state index in [1.807, 2.05) is 0 Å². The normalized spacial score (nSPS) is 14.2. The maximum atomic E-state index is 11.8. The first kappa shape index (κ1) is 13.6. The van der Waals surface area contributed by atoms with Crippen LogP contribution in [0.25, 0.3) is 0 Å². The number of rotatable bonds is 5. The molecule has 3 nitrogen and oxygen atoms in total. The van der Waals surface area contributed by atoms with E-state index in [-0.39, 0.29) is 5.88 Å². The van der Waals surface area contributed by atoms with E-state index in [2.05, 4.69) is 5.32 Å². The highest BCUT2D eigenvalue weighted by atomic mass is 35.5. The van der Waals surface area contributed by atoms with Gasteiger partial charge in [0, 0.05) is 12.4 Å². The lowest BCUT2D eigenvalue weighted by Crippen LogP contribution is -2.43. The first-order valence-corrected chi connectivity index (χ1v) is 4.65. The molecular formula is C8H14ClF2NO2. The Morgan fingerprint density at radius 3 is 2.43 bits per heavy atom. The van der Waals surface area contributed by atoms with Gasteiger partial charge in [-0.05, 0) is 13.8 Å². The summed E-state index contributed by atoms with van der Waals surface area (Å²) in [6.45, 7) is 2.71. The predicted molar refractivity (Wildman–Crippen MR) is 49.5 cm³/mol. The Morgan fingerprint density at radius 2 is 2.07 bits per heavy atom. The number of hydrogen-bond donors (Lipinski definition) is 2. The van der Waals surface area contributed by atoms with Gasteiger partial charge in [-0.2, -0.15) is 0 Å². The van der Waals surface area contributed by atoms with Crippen LogP contribution in [0, 0.1) is 5.41 Å². The van der Waals surface area contributed by atoms with Crippen molar-refractivity contribution in [1.29, 1.82) is 0 Å². The largest absolute Gasteiger partial charge is 0.385 e. The molecule has 1 unspecified atom stereocenters. The van der Waals surface area contributed by atoms with Crippen LogP contribution in [0.5, 0.6) is 0 Å². The van der Waals surface area contributed by atoms with Crippen molar-refractivity contribution in [2.45, 2.75) is 26.4 Å². The van der Waals surface area contributed by atoms with Gasteiger partial charge in [0.05, 0.1) is 5.41 Å². The van der Waals surface area contributed by atoms with E-state index in [1.54, 1.807) is 13.8 Å². The summed E-state index contributed by atoms with van der Waals surface area (Å²) >= 11 is 5.49. The van der Waals surface area contributed by atoms with Crippen molar-refractivity contribution < 1.29 is 18.7 Å². The fourth-order valence-corrected chi connectivity index (χ4v) is 0.708. The van der Waals surface area contributed by atoms with Crippen LogP contribution in [0.3, 0.4) is 0 Å². The first-order valence-electron chi connectivity index (χ1n) is 4.11. The number of amides is 1. The molecule has 0 aromatic carbocycles. The Hall–Kier alpha value is -0.420. The zero-order chi connectivity index (χ0) is 11.4. The molecule has 0 aliphatic heterocycles. The molecular weight excluding hydrogens is 216 g/mol. The van der Waals surface area contributed by atoms with Crippen molar-refractivity contribution in [2.75, 3.05) is 12.4 Å². The zero-order valence-electron chi connectivity index (χ0n) is 8.06. The van der Waals surface area contributed by atoms with Crippen LogP contribution < -0.4 is 5.32 Å². The van der Waals surface area contributed by atoms with Crippen molar-refractivity contribution in [1.82, 2.24) is 5.32 Å². The minimum Gasteiger partial charge on any atom is -0.385 e. The van der Waals surface area contributed by atoms with Crippen LogP contribution in [0.2, 0.25) is 0 Å². The van der Waals surface area contributed by atoms with Crippen molar-refractivity contribution in [3.63, 3.8) is 0 Å². The number of halogens is 3. The molecule has 0 heterocycles. The summed E-state index contributed by atoms with van der Waals surface area (Å²) in [6, 6.07) is 0. The van der Waals surface area contributed by atoms with Gasteiger partial charge in [-0.25, -0.2) is 8.78 Å². The monoisotopic (exact) mass is 229 g/mol. The molecule has 1 amide bonds. The Morgan fingerprint density at radius 1 is 1.57 bits per heavy atom. The SMILES string of the molecule is CC(C)(CCl)C(=O)NCC(O)C(F)F. The fourth-order valence-electron chi connectivity index (χ4n) is 0.586. The lowest BCUT2D eigenvalue weighted by molar-refractivity contribution is -0.129. The zero-order valence-corrected chi connectivity index (χ0v) is 8.81. The van der Waals surface area contributed by atoms with E-state index < -0.39 is 30.4 Å². The number of alkyl halides is 3. The lowest BCUT2D eigenvalue weighted by Gasteiger charge is -2.21. The molecule has 2 N–H and O–H groups in total. The Bertz CT molecular complexity index is 200. The van der Waals surface area contributed by atoms with Crippen molar-refractivity contribution >= 4 is 17.5 Å². The van der Waals surface area contributed by atoms with Crippen LogP contribution in [-0.2, 0) is 4.79 Å². The van der Waals surface area contributed by atoms with Gasteiger partial charge in [-0.3, -0.25) is 4.79 Å². The molecule has 0 aliphatic carbocycles. The summed E-state index contributed by atoms with van der Waals surface area (Å²) in [7, 11) is 0. The van der Waals surface area contributed by atoms with Crippen molar-refractivity contribution in [2.24, 2.45) is 5.41 Å². The van der Waals surface area contributed by atoms with Crippen molar-refractivity contribution in [3.8, 4) is 0 Å². The second kappa shape index (κ2) is 5.46. The second-order valence-corrected chi connectivity index (χ2v) is 3.90. The number of carbonyl (C=O) groups excluding carboxylic acids is 1. The molecule has 0 rings (SSSR count). The average Bonchev–Trinajstić information content (AvgIpc) is 2.13. The number of aliphatic hydroxyl groups excluding tert-OH is 1. The van der Waals surface area contributed by atoms with Crippen LogP contribution >= 0.6 is 11.6 Å². The highest BCUT2D eigenvalue weighted by molar-refractivity contribution is 6.19. The molecule has 6 heteroatoms. The maximum absolute atomic E-state index is 11.8. The minimum absolute atomic E-state index is 0.0869. The Kier molecular flexibility index (Phi) is 5.29. The maximum Gasteiger partial charge on any atom is 0.265 e. The third-order valence-corrected chi connectivity index (χ3v) is 2.38. The van der Waals surface area contributed by atoms with E-state index in [4.69, 9.17) is 16.7 Å². The number of hydrogen-bond acceptors (Lipinski definition) is 2. The second-order valence-electron chi connectivity index (χ2n) is 3.63. The van der Waals surface area contributed by atoms with E-state index in [1.165, 1.54) is 0 Å². The summed E-state index contributed by atoms with van der Waals surface area (Å²) in [4.78, 5) is 11.3. The Labute approximate surface area is 86.4 Å². The summed E-state index contributed by atoms with van der Waals surface area (Å²) in [5.41, 5.74) is -0.816. The van der Waals surface area contributed by atoms with Gasteiger partial charge >= 0.3 is 0 Å². The molecule has 0 aromatic heterocycles. The summed E-state index contributed by atoms with van der Waals surface area (Å²) in [5.74, 6) is -0.365. The molecule has 0 aliphatic rings. The van der Waals surface area contributed by atoms with E-state index in [9.17, 15) is 13.6 Å². The highest BCUT2D eigenvalue weighted by Gasteiger charge is 2.27. The smallest absolute Gasteiger partial charge is 0.265 e. The third kappa shape index (κ3) is 4.19. The number of aliphatic hydroxyl groups is 1. The van der Waals surface area contributed by atoms with Gasteiger partial charge < -0.3 is 10.4 Å². The van der Waals surface area contributed by atoms with E-state index in [0.717, 1.165) is 0 Å². The van der Waals surface area contributed by atoms with Gasteiger partial charge in [0.25, 0.3) is 6.43 Å². The van der Waals surface area contributed by atoms with Gasteiger partial charge in [0.15, 0.2) is 0 Å². The van der Waals surface area contributed by atoms with Gasteiger partial charge in [0.1, 0.15) is 6.10 Å².